The molecule has 0 aromatic heterocycles. The molecule has 8 rings (SSSR count). The number of ether oxygens (including phenoxy) is 2. The third kappa shape index (κ3) is 5.13. The predicted octanol–water partition coefficient (Wildman–Crippen LogP) is 5.88. The first-order valence-corrected chi connectivity index (χ1v) is 20.5. The SMILES string of the molecule is C[C@H]1[C@H]([Si](C)(C)O)[C@@H](CC(=O)N2Cc3ccccc3C[C@H]2CO)O[C@]12C(=O)N(C)c1ccc(N3C(=O)c4ccccc4Oc4ccccc43)cc12. The average Bonchev–Trinajstić information content (AvgIpc) is 3.48. The zero-order valence-electron chi connectivity index (χ0n) is 29.1. The van der Waals surface area contributed by atoms with E-state index in [0.717, 1.165) is 11.1 Å². The monoisotopic (exact) mass is 703 g/mol. The van der Waals surface area contributed by atoms with E-state index in [-0.39, 0.29) is 36.8 Å². The maximum atomic E-state index is 14.5. The van der Waals surface area contributed by atoms with Gasteiger partial charge in [-0.25, -0.2) is 0 Å². The van der Waals surface area contributed by atoms with Gasteiger partial charge in [-0.2, -0.15) is 0 Å². The summed E-state index contributed by atoms with van der Waals surface area (Å²) in [6.07, 6.45) is -0.269. The van der Waals surface area contributed by atoms with Gasteiger partial charge in [0.05, 0.1) is 42.1 Å². The van der Waals surface area contributed by atoms with E-state index < -0.39 is 31.5 Å². The van der Waals surface area contributed by atoms with Gasteiger partial charge in [0, 0.05) is 36.3 Å². The fourth-order valence-corrected chi connectivity index (χ4v) is 11.5. The lowest BCUT2D eigenvalue weighted by molar-refractivity contribution is -0.150. The highest BCUT2D eigenvalue weighted by atomic mass is 28.4. The van der Waals surface area contributed by atoms with E-state index in [1.807, 2.05) is 92.8 Å². The summed E-state index contributed by atoms with van der Waals surface area (Å²) in [6.45, 7) is 5.77. The van der Waals surface area contributed by atoms with Crippen LogP contribution < -0.4 is 14.5 Å². The predicted molar refractivity (Wildman–Crippen MR) is 195 cm³/mol. The number of anilines is 3. The van der Waals surface area contributed by atoms with Crippen LogP contribution in [-0.4, -0.2) is 66.6 Å². The second-order valence-electron chi connectivity index (χ2n) is 14.7. The average molecular weight is 704 g/mol. The number of hydrogen-bond donors (Lipinski definition) is 2. The Labute approximate surface area is 298 Å². The molecule has 4 aliphatic rings. The summed E-state index contributed by atoms with van der Waals surface area (Å²) >= 11 is 0. The van der Waals surface area contributed by atoms with Crippen LogP contribution in [0.4, 0.5) is 17.1 Å². The third-order valence-corrected chi connectivity index (χ3v) is 13.8. The molecule has 0 unspecified atom stereocenters. The number of nitrogens with zero attached hydrogens (tertiary/aromatic N) is 3. The summed E-state index contributed by atoms with van der Waals surface area (Å²) in [7, 11) is -1.36. The van der Waals surface area contributed by atoms with Crippen molar-refractivity contribution in [1.29, 1.82) is 0 Å². The summed E-state index contributed by atoms with van der Waals surface area (Å²) in [5.41, 5.74) is 2.87. The molecule has 4 aromatic carbocycles. The minimum Gasteiger partial charge on any atom is -0.454 e. The Morgan fingerprint density at radius 1 is 0.922 bits per heavy atom. The Kier molecular flexibility index (Phi) is 7.95. The van der Waals surface area contributed by atoms with Crippen LogP contribution in [0, 0.1) is 5.92 Å². The largest absolute Gasteiger partial charge is 0.454 e. The number of carbonyl (C=O) groups is 3. The molecule has 5 atom stereocenters. The van der Waals surface area contributed by atoms with E-state index in [9.17, 15) is 24.3 Å². The molecule has 262 valence electrons. The quantitative estimate of drug-likeness (QED) is 0.249. The van der Waals surface area contributed by atoms with E-state index in [0.29, 0.717) is 52.7 Å². The van der Waals surface area contributed by atoms with Gasteiger partial charge in [-0.3, -0.25) is 19.3 Å². The summed E-state index contributed by atoms with van der Waals surface area (Å²) in [4.78, 5) is 59.6. The lowest BCUT2D eigenvalue weighted by atomic mass is 9.82. The van der Waals surface area contributed by atoms with Gasteiger partial charge in [-0.1, -0.05) is 55.5 Å². The normalized spacial score (nSPS) is 25.3. The highest BCUT2D eigenvalue weighted by Gasteiger charge is 2.66. The molecule has 4 aliphatic heterocycles. The van der Waals surface area contributed by atoms with Gasteiger partial charge in [0.25, 0.3) is 11.8 Å². The van der Waals surface area contributed by atoms with Crippen LogP contribution in [-0.2, 0) is 32.9 Å². The van der Waals surface area contributed by atoms with Gasteiger partial charge < -0.3 is 29.2 Å². The van der Waals surface area contributed by atoms with Crippen LogP contribution >= 0.6 is 0 Å². The van der Waals surface area contributed by atoms with Crippen LogP contribution in [0.2, 0.25) is 18.6 Å². The number of likely N-dealkylation sites (N-methyl/N-ethyl adjacent to an activating group) is 1. The number of hydrogen-bond acceptors (Lipinski definition) is 7. The summed E-state index contributed by atoms with van der Waals surface area (Å²) in [5, 5.41) is 10.3. The topological polar surface area (TPSA) is 120 Å². The maximum absolute atomic E-state index is 14.5. The lowest BCUT2D eigenvalue weighted by Gasteiger charge is -2.37. The van der Waals surface area contributed by atoms with Crippen LogP contribution in [0.3, 0.4) is 0 Å². The Bertz CT molecular complexity index is 2080. The lowest BCUT2D eigenvalue weighted by Crippen LogP contribution is -2.48. The number of amides is 3. The molecule has 1 fully saturated rings. The van der Waals surface area contributed by atoms with Crippen molar-refractivity contribution >= 4 is 43.1 Å². The first-order chi connectivity index (χ1) is 24.4. The Morgan fingerprint density at radius 3 is 2.35 bits per heavy atom. The molecule has 1 saturated heterocycles. The minimum absolute atomic E-state index is 0.0511. The van der Waals surface area contributed by atoms with Crippen LogP contribution in [0.1, 0.15) is 40.4 Å². The van der Waals surface area contributed by atoms with E-state index in [4.69, 9.17) is 9.47 Å². The molecule has 4 heterocycles. The molecule has 0 aliphatic carbocycles. The smallest absolute Gasteiger partial charge is 0.266 e. The van der Waals surface area contributed by atoms with Crippen molar-refractivity contribution in [3.8, 4) is 11.5 Å². The summed E-state index contributed by atoms with van der Waals surface area (Å²) in [6, 6.07) is 27.5. The number of carbonyl (C=O) groups excluding carboxylic acids is 3. The molecule has 1 spiro atoms. The van der Waals surface area contributed by atoms with E-state index in [1.54, 1.807) is 39.9 Å². The number of benzene rings is 4. The number of para-hydroxylation sites is 3. The van der Waals surface area contributed by atoms with Crippen molar-refractivity contribution in [2.45, 2.75) is 62.7 Å². The minimum atomic E-state index is -3.06. The Balaban J connectivity index is 1.20. The highest BCUT2D eigenvalue weighted by Crippen LogP contribution is 2.60. The van der Waals surface area contributed by atoms with Crippen molar-refractivity contribution < 1.29 is 33.8 Å². The van der Waals surface area contributed by atoms with Gasteiger partial charge in [0.1, 0.15) is 5.75 Å². The molecule has 0 bridgehead atoms. The molecule has 0 saturated carbocycles. The molecule has 0 radical (unpaired) electrons. The first-order valence-electron chi connectivity index (χ1n) is 17.4. The number of aliphatic hydroxyl groups excluding tert-OH is 1. The van der Waals surface area contributed by atoms with Crippen LogP contribution in [0.25, 0.3) is 0 Å². The molecule has 3 amide bonds. The zero-order chi connectivity index (χ0) is 35.8. The fraction of sp³-hybridized carbons (Fsp3) is 0.325. The maximum Gasteiger partial charge on any atom is 0.266 e. The van der Waals surface area contributed by atoms with E-state index in [1.165, 1.54) is 0 Å². The highest BCUT2D eigenvalue weighted by molar-refractivity contribution is 6.71. The van der Waals surface area contributed by atoms with Crippen LogP contribution in [0.15, 0.2) is 91.0 Å². The third-order valence-electron chi connectivity index (χ3n) is 11.3. The second kappa shape index (κ2) is 12.2. The summed E-state index contributed by atoms with van der Waals surface area (Å²) in [5.74, 6) is -0.299. The molecule has 51 heavy (non-hydrogen) atoms. The van der Waals surface area contributed by atoms with Crippen LogP contribution in [0.5, 0.6) is 11.5 Å². The molecule has 4 aromatic rings. The molecular weight excluding hydrogens is 663 g/mol. The van der Waals surface area contributed by atoms with Gasteiger partial charge in [0.15, 0.2) is 19.7 Å². The number of rotatable bonds is 5. The van der Waals surface area contributed by atoms with Gasteiger partial charge in [-0.05, 0) is 73.1 Å². The first kappa shape index (κ1) is 33.3. The second-order valence-corrected chi connectivity index (χ2v) is 18.6. The van der Waals surface area contributed by atoms with Crippen molar-refractivity contribution in [2.75, 3.05) is 23.5 Å². The molecule has 10 nitrogen and oxygen atoms in total. The molecule has 2 N–H and O–H groups in total. The number of fused-ring (bicyclic) bond motifs is 5. The van der Waals surface area contributed by atoms with Crippen molar-refractivity contribution in [1.82, 2.24) is 4.90 Å². The van der Waals surface area contributed by atoms with E-state index >= 15 is 0 Å². The summed E-state index contributed by atoms with van der Waals surface area (Å²) < 4.78 is 13.2. The van der Waals surface area contributed by atoms with Crippen molar-refractivity contribution in [3.05, 3.63) is 113 Å². The molecule has 11 heteroatoms. The fourth-order valence-electron chi connectivity index (χ4n) is 8.91. The molecular formula is C40H41N3O7Si. The van der Waals surface area contributed by atoms with E-state index in [2.05, 4.69) is 0 Å². The van der Waals surface area contributed by atoms with Gasteiger partial charge in [-0.15, -0.1) is 0 Å². The van der Waals surface area contributed by atoms with Gasteiger partial charge in [0.2, 0.25) is 5.91 Å². The van der Waals surface area contributed by atoms with Crippen molar-refractivity contribution in [3.63, 3.8) is 0 Å². The standard InChI is InChI=1S/C40H41N3O7Si/c1-24-37(51(3,4)48)35(21-36(45)42-22-26-12-6-5-11-25(26)19-28(42)23-44)50-40(24)30-20-27(17-18-31(30)41(2)39(40)47)43-32-14-8-10-16-34(32)49-33-15-9-7-13-29(33)38(43)46/h5-18,20,24,28,35,37,44,48H,19,21-23H2,1-4H3/t24-,28-,35+,37-,40+/m0/s1. The number of aliphatic hydroxyl groups is 1. The van der Waals surface area contributed by atoms with Gasteiger partial charge >= 0.3 is 0 Å². The van der Waals surface area contributed by atoms with Crippen molar-refractivity contribution in [2.24, 2.45) is 5.92 Å². The zero-order valence-corrected chi connectivity index (χ0v) is 30.1. The Hall–Kier alpha value is -4.81. The Morgan fingerprint density at radius 2 is 1.61 bits per heavy atom.